The highest BCUT2D eigenvalue weighted by Crippen LogP contribution is 2.09. The lowest BCUT2D eigenvalue weighted by molar-refractivity contribution is 0.950. The van der Waals surface area contributed by atoms with Gasteiger partial charge < -0.3 is 0 Å². The second-order valence-corrected chi connectivity index (χ2v) is 2.19. The molecule has 0 amide bonds. The summed E-state index contributed by atoms with van der Waals surface area (Å²) < 4.78 is 0. The fraction of sp³-hybridized carbons (Fsp3) is 0.250. The van der Waals surface area contributed by atoms with Gasteiger partial charge in [0.15, 0.2) is 0 Å². The van der Waals surface area contributed by atoms with E-state index in [2.05, 4.69) is 18.8 Å². The van der Waals surface area contributed by atoms with Crippen LogP contribution in [0.25, 0.3) is 0 Å². The van der Waals surface area contributed by atoms with Gasteiger partial charge >= 0.3 is 0 Å². The van der Waals surface area contributed by atoms with Crippen LogP contribution in [0.4, 0.5) is 0 Å². The first-order valence-corrected chi connectivity index (χ1v) is 3.03. The summed E-state index contributed by atoms with van der Waals surface area (Å²) >= 11 is 0. The molecule has 1 radical (unpaired) electrons. The van der Waals surface area contributed by atoms with Crippen LogP contribution in [0.3, 0.4) is 0 Å². The van der Waals surface area contributed by atoms with Crippen molar-refractivity contribution >= 4 is 0 Å². The van der Waals surface area contributed by atoms with E-state index in [0.29, 0.717) is 5.92 Å². The zero-order valence-electron chi connectivity index (χ0n) is 5.54. The minimum absolute atomic E-state index is 0.346. The van der Waals surface area contributed by atoms with Gasteiger partial charge in [-0.2, -0.15) is 0 Å². The Morgan fingerprint density at radius 3 is 2.78 bits per heavy atom. The Morgan fingerprint density at radius 2 is 2.44 bits per heavy atom. The maximum Gasteiger partial charge on any atom is 0.0302 e. The Labute approximate surface area is 55.7 Å². The normalized spacial score (nSPS) is 10.1. The first kappa shape index (κ1) is 6.27. The molecule has 0 aliphatic carbocycles. The first-order chi connectivity index (χ1) is 4.30. The lowest BCUT2D eigenvalue weighted by Crippen LogP contribution is -1.86. The average molecular weight is 120 g/mol. The standard InChI is InChI=1S/C8H10N/c1-7(2)8-4-3-5-9-6-8/h3-7H,1H2,2H3. The number of pyridine rings is 1. The fourth-order valence-electron chi connectivity index (χ4n) is 0.667. The monoisotopic (exact) mass is 120 g/mol. The van der Waals surface area contributed by atoms with Gasteiger partial charge in [0.25, 0.3) is 0 Å². The largest absolute Gasteiger partial charge is 0.264 e. The highest BCUT2D eigenvalue weighted by molar-refractivity contribution is 5.14. The van der Waals surface area contributed by atoms with Gasteiger partial charge in [-0.15, -0.1) is 0 Å². The van der Waals surface area contributed by atoms with Gasteiger partial charge in [-0.1, -0.05) is 13.0 Å². The van der Waals surface area contributed by atoms with Crippen molar-refractivity contribution in [3.05, 3.63) is 37.0 Å². The quantitative estimate of drug-likeness (QED) is 0.552. The summed E-state index contributed by atoms with van der Waals surface area (Å²) in [5, 5.41) is 0. The van der Waals surface area contributed by atoms with E-state index in [1.165, 1.54) is 5.56 Å². The Bertz CT molecular complexity index is 167. The molecule has 0 aliphatic rings. The third-order valence-electron chi connectivity index (χ3n) is 1.25. The average Bonchev–Trinajstić information content (AvgIpc) is 1.90. The van der Waals surface area contributed by atoms with Crippen LogP contribution >= 0.6 is 0 Å². The highest BCUT2D eigenvalue weighted by Gasteiger charge is 1.94. The van der Waals surface area contributed by atoms with Crippen molar-refractivity contribution in [3.63, 3.8) is 0 Å². The molecule has 0 N–H and O–H groups in total. The Hall–Kier alpha value is -0.850. The summed E-state index contributed by atoms with van der Waals surface area (Å²) in [7, 11) is 0. The van der Waals surface area contributed by atoms with Crippen LogP contribution in [0.5, 0.6) is 0 Å². The van der Waals surface area contributed by atoms with Crippen LogP contribution < -0.4 is 0 Å². The summed E-state index contributed by atoms with van der Waals surface area (Å²) in [6.07, 6.45) is 3.61. The van der Waals surface area contributed by atoms with Gasteiger partial charge in [-0.05, 0) is 24.5 Å². The van der Waals surface area contributed by atoms with Crippen molar-refractivity contribution in [1.29, 1.82) is 0 Å². The summed E-state index contributed by atoms with van der Waals surface area (Å²) in [6.45, 7) is 5.92. The minimum Gasteiger partial charge on any atom is -0.264 e. The Kier molecular flexibility index (Phi) is 1.83. The van der Waals surface area contributed by atoms with E-state index in [-0.39, 0.29) is 0 Å². The van der Waals surface area contributed by atoms with Crippen LogP contribution in [-0.4, -0.2) is 4.98 Å². The molecular formula is C8H10N. The lowest BCUT2D eigenvalue weighted by Gasteiger charge is -2.00. The molecule has 1 heteroatoms. The molecule has 1 aromatic heterocycles. The third-order valence-corrected chi connectivity index (χ3v) is 1.25. The molecule has 0 saturated heterocycles. The lowest BCUT2D eigenvalue weighted by atomic mass is 10.1. The van der Waals surface area contributed by atoms with Crippen molar-refractivity contribution in [2.24, 2.45) is 0 Å². The maximum absolute atomic E-state index is 3.97. The summed E-state index contributed by atoms with van der Waals surface area (Å²) in [4.78, 5) is 3.97. The van der Waals surface area contributed by atoms with Crippen LogP contribution in [0.1, 0.15) is 18.4 Å². The van der Waals surface area contributed by atoms with E-state index >= 15 is 0 Å². The van der Waals surface area contributed by atoms with Crippen LogP contribution in [0, 0.1) is 6.92 Å². The van der Waals surface area contributed by atoms with E-state index in [4.69, 9.17) is 0 Å². The van der Waals surface area contributed by atoms with Crippen LogP contribution in [0.2, 0.25) is 0 Å². The minimum atomic E-state index is 0.346. The topological polar surface area (TPSA) is 12.9 Å². The van der Waals surface area contributed by atoms with E-state index in [1.807, 2.05) is 18.3 Å². The Balaban J connectivity index is 2.85. The molecular weight excluding hydrogens is 110 g/mol. The number of hydrogen-bond donors (Lipinski definition) is 0. The number of nitrogens with zero attached hydrogens (tertiary/aromatic N) is 1. The first-order valence-electron chi connectivity index (χ1n) is 3.03. The molecule has 0 bridgehead atoms. The van der Waals surface area contributed by atoms with Gasteiger partial charge in [0, 0.05) is 12.4 Å². The van der Waals surface area contributed by atoms with Gasteiger partial charge in [0.1, 0.15) is 0 Å². The zero-order chi connectivity index (χ0) is 6.69. The molecule has 1 aromatic rings. The molecule has 9 heavy (non-hydrogen) atoms. The number of aromatic nitrogens is 1. The zero-order valence-corrected chi connectivity index (χ0v) is 5.54. The second-order valence-electron chi connectivity index (χ2n) is 2.19. The molecule has 47 valence electrons. The van der Waals surface area contributed by atoms with E-state index < -0.39 is 0 Å². The fourth-order valence-corrected chi connectivity index (χ4v) is 0.667. The highest BCUT2D eigenvalue weighted by atomic mass is 14.6. The number of hydrogen-bond acceptors (Lipinski definition) is 1. The predicted molar refractivity (Wildman–Crippen MR) is 38.0 cm³/mol. The SMILES string of the molecule is [CH2]C(C)c1cccnc1. The summed E-state index contributed by atoms with van der Waals surface area (Å²) in [5.41, 5.74) is 1.19. The molecule has 0 fully saturated rings. The summed E-state index contributed by atoms with van der Waals surface area (Å²) in [5.74, 6) is 0.346. The smallest absolute Gasteiger partial charge is 0.0302 e. The molecule has 1 heterocycles. The number of rotatable bonds is 1. The molecule has 1 unspecified atom stereocenters. The van der Waals surface area contributed by atoms with Gasteiger partial charge in [-0.3, -0.25) is 4.98 Å². The van der Waals surface area contributed by atoms with Crippen molar-refractivity contribution in [2.75, 3.05) is 0 Å². The van der Waals surface area contributed by atoms with Crippen molar-refractivity contribution in [1.82, 2.24) is 4.98 Å². The molecule has 1 nitrogen and oxygen atoms in total. The van der Waals surface area contributed by atoms with E-state index in [0.717, 1.165) is 0 Å². The molecule has 0 aliphatic heterocycles. The predicted octanol–water partition coefficient (Wildman–Crippen LogP) is 2.02. The second kappa shape index (κ2) is 2.62. The molecule has 0 spiro atoms. The van der Waals surface area contributed by atoms with Crippen molar-refractivity contribution in [2.45, 2.75) is 12.8 Å². The third kappa shape index (κ3) is 1.53. The van der Waals surface area contributed by atoms with E-state index in [9.17, 15) is 0 Å². The molecule has 1 rings (SSSR count). The molecule has 0 saturated carbocycles. The van der Waals surface area contributed by atoms with Gasteiger partial charge in [0.2, 0.25) is 0 Å². The molecule has 0 aromatic carbocycles. The Morgan fingerprint density at radius 1 is 1.67 bits per heavy atom. The van der Waals surface area contributed by atoms with Crippen molar-refractivity contribution < 1.29 is 0 Å². The molecule has 1 atom stereocenters. The van der Waals surface area contributed by atoms with Gasteiger partial charge in [0.05, 0.1) is 0 Å². The van der Waals surface area contributed by atoms with Crippen LogP contribution in [0.15, 0.2) is 24.5 Å². The van der Waals surface area contributed by atoms with E-state index in [1.54, 1.807) is 6.20 Å². The van der Waals surface area contributed by atoms with Gasteiger partial charge in [-0.25, -0.2) is 0 Å². The maximum atomic E-state index is 3.97. The summed E-state index contributed by atoms with van der Waals surface area (Å²) in [6, 6.07) is 3.96. The van der Waals surface area contributed by atoms with Crippen molar-refractivity contribution in [3.8, 4) is 0 Å². The van der Waals surface area contributed by atoms with Crippen LogP contribution in [-0.2, 0) is 0 Å².